The summed E-state index contributed by atoms with van der Waals surface area (Å²) in [7, 11) is -2.07. The molecule has 5 rings (SSSR count). The van der Waals surface area contributed by atoms with Crippen molar-refractivity contribution in [3.05, 3.63) is 72.2 Å². The average Bonchev–Trinajstić information content (AvgIpc) is 3.23. The molecule has 2 aromatic heterocycles. The SMILES string of the molecule is COc1ccc(S(=O)(=O)N2CCC(n3c(-c4ccccc4F)nc4cccnc43)CC2)cc1C. The number of aromatic nitrogens is 3. The number of halogens is 1. The smallest absolute Gasteiger partial charge is 0.243 e. The zero-order valence-electron chi connectivity index (χ0n) is 19.0. The van der Waals surface area contributed by atoms with Gasteiger partial charge >= 0.3 is 0 Å². The van der Waals surface area contributed by atoms with Gasteiger partial charge < -0.3 is 9.30 Å². The first-order chi connectivity index (χ1) is 16.4. The van der Waals surface area contributed by atoms with Gasteiger partial charge in [-0.1, -0.05) is 12.1 Å². The molecule has 0 aliphatic carbocycles. The number of hydrogen-bond donors (Lipinski definition) is 0. The van der Waals surface area contributed by atoms with Gasteiger partial charge in [-0.05, 0) is 67.8 Å². The van der Waals surface area contributed by atoms with Gasteiger partial charge in [0.2, 0.25) is 10.0 Å². The Morgan fingerprint density at radius 3 is 2.53 bits per heavy atom. The molecule has 2 aromatic carbocycles. The number of imidazole rings is 1. The highest BCUT2D eigenvalue weighted by atomic mass is 32.2. The van der Waals surface area contributed by atoms with Gasteiger partial charge in [0.05, 0.1) is 17.6 Å². The largest absolute Gasteiger partial charge is 0.496 e. The molecule has 0 saturated carbocycles. The fraction of sp³-hybridized carbons (Fsp3) is 0.280. The maximum absolute atomic E-state index is 14.7. The fourth-order valence-corrected chi connectivity index (χ4v) is 6.16. The topological polar surface area (TPSA) is 77.3 Å². The number of fused-ring (bicyclic) bond motifs is 1. The summed E-state index contributed by atoms with van der Waals surface area (Å²) < 4.78 is 50.0. The maximum Gasteiger partial charge on any atom is 0.243 e. The van der Waals surface area contributed by atoms with Crippen molar-refractivity contribution < 1.29 is 17.5 Å². The molecule has 1 saturated heterocycles. The van der Waals surface area contributed by atoms with Crippen LogP contribution in [0.5, 0.6) is 5.75 Å². The molecule has 34 heavy (non-hydrogen) atoms. The van der Waals surface area contributed by atoms with Gasteiger partial charge in [-0.25, -0.2) is 22.8 Å². The lowest BCUT2D eigenvalue weighted by Gasteiger charge is -2.32. The molecule has 1 aliphatic rings. The van der Waals surface area contributed by atoms with Crippen LogP contribution in [0.4, 0.5) is 4.39 Å². The molecular weight excluding hydrogens is 455 g/mol. The van der Waals surface area contributed by atoms with Crippen molar-refractivity contribution >= 4 is 21.2 Å². The van der Waals surface area contributed by atoms with E-state index in [-0.39, 0.29) is 16.8 Å². The van der Waals surface area contributed by atoms with Crippen LogP contribution in [0.1, 0.15) is 24.4 Å². The number of benzene rings is 2. The number of nitrogens with zero attached hydrogens (tertiary/aromatic N) is 4. The summed E-state index contributed by atoms with van der Waals surface area (Å²) in [5.74, 6) is 0.811. The van der Waals surface area contributed by atoms with Crippen LogP contribution in [0.15, 0.2) is 65.7 Å². The van der Waals surface area contributed by atoms with E-state index in [9.17, 15) is 12.8 Å². The molecule has 1 fully saturated rings. The van der Waals surface area contributed by atoms with E-state index in [0.29, 0.717) is 54.2 Å². The monoisotopic (exact) mass is 480 g/mol. The summed E-state index contributed by atoms with van der Waals surface area (Å²) in [4.78, 5) is 9.44. The summed E-state index contributed by atoms with van der Waals surface area (Å²) in [6, 6.07) is 15.1. The Morgan fingerprint density at radius 2 is 1.82 bits per heavy atom. The van der Waals surface area contributed by atoms with E-state index in [1.807, 2.05) is 17.6 Å². The standard InChI is InChI=1S/C25H25FN4O3S/c1-17-16-19(9-10-23(17)33-2)34(31,32)29-14-11-18(12-15-29)30-24(20-6-3-4-7-21(20)26)28-22-8-5-13-27-25(22)30/h3-10,13,16,18H,11-12,14-15H2,1-2H3. The average molecular weight is 481 g/mol. The van der Waals surface area contributed by atoms with E-state index < -0.39 is 10.0 Å². The number of aryl methyl sites for hydroxylation is 1. The molecule has 0 spiro atoms. The van der Waals surface area contributed by atoms with Gasteiger partial charge in [-0.2, -0.15) is 4.31 Å². The number of hydrogen-bond acceptors (Lipinski definition) is 5. The summed E-state index contributed by atoms with van der Waals surface area (Å²) in [5, 5.41) is 0. The molecule has 0 bridgehead atoms. The lowest BCUT2D eigenvalue weighted by atomic mass is 10.1. The first-order valence-electron chi connectivity index (χ1n) is 11.1. The van der Waals surface area contributed by atoms with Gasteiger partial charge in [-0.3, -0.25) is 0 Å². The van der Waals surface area contributed by atoms with E-state index in [1.54, 1.807) is 55.8 Å². The minimum Gasteiger partial charge on any atom is -0.496 e. The van der Waals surface area contributed by atoms with Gasteiger partial charge in [0.15, 0.2) is 5.65 Å². The number of pyridine rings is 1. The van der Waals surface area contributed by atoms with Crippen molar-refractivity contribution in [3.63, 3.8) is 0 Å². The second kappa shape index (κ2) is 8.81. The predicted octanol–water partition coefficient (Wildman–Crippen LogP) is 4.58. The Kier molecular flexibility index (Phi) is 5.83. The van der Waals surface area contributed by atoms with Gasteiger partial charge in [-0.15, -0.1) is 0 Å². The lowest BCUT2D eigenvalue weighted by molar-refractivity contribution is 0.278. The summed E-state index contributed by atoms with van der Waals surface area (Å²) in [6.07, 6.45) is 2.83. The Hall–Kier alpha value is -3.30. The molecule has 0 N–H and O–H groups in total. The Balaban J connectivity index is 1.45. The molecule has 1 aliphatic heterocycles. The molecule has 3 heterocycles. The number of ether oxygens (including phenoxy) is 1. The molecule has 0 radical (unpaired) electrons. The molecule has 7 nitrogen and oxygen atoms in total. The van der Waals surface area contributed by atoms with E-state index in [0.717, 1.165) is 5.56 Å². The van der Waals surface area contributed by atoms with Crippen LogP contribution < -0.4 is 4.74 Å². The first-order valence-corrected chi connectivity index (χ1v) is 12.6. The zero-order chi connectivity index (χ0) is 23.9. The molecule has 4 aromatic rings. The second-order valence-corrected chi connectivity index (χ2v) is 10.3. The third kappa shape index (κ3) is 3.84. The van der Waals surface area contributed by atoms with Crippen LogP contribution in [-0.4, -0.2) is 47.5 Å². The molecule has 9 heteroatoms. The fourth-order valence-electron chi connectivity index (χ4n) is 4.61. The predicted molar refractivity (Wildman–Crippen MR) is 128 cm³/mol. The molecule has 0 unspecified atom stereocenters. The van der Waals surface area contributed by atoms with Crippen molar-refractivity contribution in [1.82, 2.24) is 18.8 Å². The highest BCUT2D eigenvalue weighted by molar-refractivity contribution is 7.89. The normalized spacial score (nSPS) is 15.6. The molecule has 0 atom stereocenters. The van der Waals surface area contributed by atoms with Crippen LogP contribution in [-0.2, 0) is 10.0 Å². The van der Waals surface area contributed by atoms with E-state index in [4.69, 9.17) is 4.74 Å². The molecule has 0 amide bonds. The minimum atomic E-state index is -3.64. The van der Waals surface area contributed by atoms with Crippen LogP contribution in [0.2, 0.25) is 0 Å². The number of rotatable bonds is 5. The Bertz CT molecular complexity index is 1460. The second-order valence-electron chi connectivity index (χ2n) is 8.40. The first kappa shape index (κ1) is 22.5. The minimum absolute atomic E-state index is 0.0569. The van der Waals surface area contributed by atoms with Crippen molar-refractivity contribution in [2.75, 3.05) is 20.2 Å². The zero-order valence-corrected chi connectivity index (χ0v) is 19.8. The van der Waals surface area contributed by atoms with Crippen LogP contribution >= 0.6 is 0 Å². The lowest BCUT2D eigenvalue weighted by Crippen LogP contribution is -2.39. The van der Waals surface area contributed by atoms with E-state index >= 15 is 0 Å². The third-order valence-electron chi connectivity index (χ3n) is 6.36. The van der Waals surface area contributed by atoms with Crippen molar-refractivity contribution in [3.8, 4) is 17.1 Å². The highest BCUT2D eigenvalue weighted by Crippen LogP contribution is 2.35. The van der Waals surface area contributed by atoms with E-state index in [2.05, 4.69) is 9.97 Å². The van der Waals surface area contributed by atoms with Crippen molar-refractivity contribution in [1.29, 1.82) is 0 Å². The number of sulfonamides is 1. The van der Waals surface area contributed by atoms with Crippen molar-refractivity contribution in [2.24, 2.45) is 0 Å². The van der Waals surface area contributed by atoms with Gasteiger partial charge in [0.1, 0.15) is 22.9 Å². The quantitative estimate of drug-likeness (QED) is 0.418. The number of methoxy groups -OCH3 is 1. The van der Waals surface area contributed by atoms with E-state index in [1.165, 1.54) is 10.4 Å². The highest BCUT2D eigenvalue weighted by Gasteiger charge is 2.32. The molecular formula is C25H25FN4O3S. The van der Waals surface area contributed by atoms with Crippen LogP contribution in [0.25, 0.3) is 22.6 Å². The van der Waals surface area contributed by atoms with Crippen molar-refractivity contribution in [2.45, 2.75) is 30.7 Å². The van der Waals surface area contributed by atoms with Gasteiger partial charge in [0, 0.05) is 25.3 Å². The van der Waals surface area contributed by atoms with Gasteiger partial charge in [0.25, 0.3) is 0 Å². The Morgan fingerprint density at radius 1 is 1.06 bits per heavy atom. The maximum atomic E-state index is 14.7. The summed E-state index contributed by atoms with van der Waals surface area (Å²) >= 11 is 0. The third-order valence-corrected chi connectivity index (χ3v) is 8.25. The summed E-state index contributed by atoms with van der Waals surface area (Å²) in [6.45, 7) is 2.52. The summed E-state index contributed by atoms with van der Waals surface area (Å²) in [5.41, 5.74) is 2.53. The van der Waals surface area contributed by atoms with Crippen LogP contribution in [0, 0.1) is 12.7 Å². The number of piperidine rings is 1. The Labute approximate surface area is 197 Å². The molecule has 176 valence electrons. The van der Waals surface area contributed by atoms with Crippen LogP contribution in [0.3, 0.4) is 0 Å².